The van der Waals surface area contributed by atoms with Crippen molar-refractivity contribution < 1.29 is 0 Å². The van der Waals surface area contributed by atoms with Crippen LogP contribution < -0.4 is 0 Å². The minimum absolute atomic E-state index is 0.0471. The van der Waals surface area contributed by atoms with Gasteiger partial charge >= 0.3 is 0 Å². The lowest BCUT2D eigenvalue weighted by Gasteiger charge is -2.34. The second-order valence-corrected chi connectivity index (χ2v) is 19.7. The van der Waals surface area contributed by atoms with Gasteiger partial charge in [0.1, 0.15) is 0 Å². The van der Waals surface area contributed by atoms with Gasteiger partial charge in [0.15, 0.2) is 0 Å². The van der Waals surface area contributed by atoms with Gasteiger partial charge in [0.2, 0.25) is 0 Å². The number of rotatable bonds is 5. The molecule has 3 nitrogen and oxygen atoms in total. The maximum Gasteiger partial charge on any atom is 0.0713 e. The number of fused-ring (bicyclic) bond motifs is 12. The number of aromatic nitrogens is 3. The zero-order valence-corrected chi connectivity index (χ0v) is 38.3. The molecule has 0 bridgehead atoms. The van der Waals surface area contributed by atoms with Crippen LogP contribution in [0, 0.1) is 0 Å². The molecule has 14 rings (SSSR count). The largest absolute Gasteiger partial charge is 0.309 e. The molecule has 1 aliphatic rings. The highest BCUT2D eigenvalue weighted by Gasteiger charge is 2.46. The van der Waals surface area contributed by atoms with Crippen LogP contribution in [0.15, 0.2) is 231 Å². The summed E-state index contributed by atoms with van der Waals surface area (Å²) in [4.78, 5) is 0. The van der Waals surface area contributed by atoms with Crippen LogP contribution >= 0.6 is 0 Å². The van der Waals surface area contributed by atoms with Gasteiger partial charge in [-0.1, -0.05) is 172 Å². The van der Waals surface area contributed by atoms with Crippen molar-refractivity contribution in [3.8, 4) is 28.2 Å². The van der Waals surface area contributed by atoms with E-state index in [4.69, 9.17) is 0 Å². The molecule has 3 heterocycles. The summed E-state index contributed by atoms with van der Waals surface area (Å²) in [5.74, 6) is 0. The Morgan fingerprint density at radius 3 is 1.22 bits per heavy atom. The molecule has 0 saturated carbocycles. The van der Waals surface area contributed by atoms with E-state index in [1.165, 1.54) is 110 Å². The minimum Gasteiger partial charge on any atom is -0.309 e. The summed E-state index contributed by atoms with van der Waals surface area (Å²) in [6.07, 6.45) is 0. The van der Waals surface area contributed by atoms with Gasteiger partial charge < -0.3 is 13.7 Å². The third-order valence-corrected chi connectivity index (χ3v) is 15.1. The van der Waals surface area contributed by atoms with Crippen LogP contribution in [0.25, 0.3) is 93.6 Å². The quantitative estimate of drug-likeness (QED) is 0.164. The van der Waals surface area contributed by atoms with Crippen LogP contribution in [0.1, 0.15) is 48.6 Å². The molecular formula is C65H47N3. The first-order valence-corrected chi connectivity index (χ1v) is 23.8. The van der Waals surface area contributed by atoms with E-state index in [0.29, 0.717) is 0 Å². The molecule has 0 atom stereocenters. The molecule has 1 aliphatic carbocycles. The smallest absolute Gasteiger partial charge is 0.0713 e. The summed E-state index contributed by atoms with van der Waals surface area (Å²) >= 11 is 0. The Labute approximate surface area is 395 Å². The van der Waals surface area contributed by atoms with Crippen molar-refractivity contribution in [1.82, 2.24) is 13.7 Å². The van der Waals surface area contributed by atoms with Crippen LogP contribution in [0.3, 0.4) is 0 Å². The number of benzene rings is 10. The summed E-state index contributed by atoms with van der Waals surface area (Å²) < 4.78 is 7.36. The van der Waals surface area contributed by atoms with Gasteiger partial charge in [-0.15, -0.1) is 0 Å². The zero-order chi connectivity index (χ0) is 45.3. The first-order valence-electron chi connectivity index (χ1n) is 23.8. The molecule has 0 spiro atoms. The van der Waals surface area contributed by atoms with E-state index >= 15 is 0 Å². The van der Waals surface area contributed by atoms with Crippen LogP contribution in [-0.4, -0.2) is 13.7 Å². The molecule has 13 aromatic rings. The highest BCUT2D eigenvalue weighted by atomic mass is 15.0. The second-order valence-electron chi connectivity index (χ2n) is 19.7. The molecule has 0 amide bonds. The highest BCUT2D eigenvalue weighted by Crippen LogP contribution is 2.56. The molecule has 0 aliphatic heterocycles. The molecule has 10 aromatic carbocycles. The topological polar surface area (TPSA) is 14.8 Å². The lowest BCUT2D eigenvalue weighted by molar-refractivity contribution is 0.590. The summed E-state index contributed by atoms with van der Waals surface area (Å²) in [7, 11) is 0. The fraction of sp³-hybridized carbons (Fsp3) is 0.0769. The lowest BCUT2D eigenvalue weighted by Crippen LogP contribution is -2.28. The van der Waals surface area contributed by atoms with Crippen LogP contribution in [0.4, 0.5) is 0 Å². The number of para-hydroxylation sites is 3. The summed E-state index contributed by atoms with van der Waals surface area (Å²) in [5, 5.41) is 7.44. The molecule has 0 fully saturated rings. The second kappa shape index (κ2) is 14.3. The highest BCUT2D eigenvalue weighted by molar-refractivity contribution is 6.14. The number of nitrogens with zero attached hydrogens (tertiary/aromatic N) is 3. The Balaban J connectivity index is 0.958. The Hall–Kier alpha value is -8.40. The Kier molecular flexibility index (Phi) is 8.17. The third-order valence-electron chi connectivity index (χ3n) is 15.1. The Morgan fingerprint density at radius 1 is 0.294 bits per heavy atom. The normalized spacial score (nSPS) is 13.3. The number of hydrogen-bond donors (Lipinski definition) is 0. The predicted molar refractivity (Wildman–Crippen MR) is 285 cm³/mol. The van der Waals surface area contributed by atoms with E-state index < -0.39 is 5.41 Å². The average molecular weight is 870 g/mol. The van der Waals surface area contributed by atoms with E-state index in [2.05, 4.69) is 265 Å². The van der Waals surface area contributed by atoms with Crippen molar-refractivity contribution in [3.05, 3.63) is 258 Å². The van der Waals surface area contributed by atoms with Gasteiger partial charge in [-0.3, -0.25) is 0 Å². The molecule has 3 aromatic heterocycles. The van der Waals surface area contributed by atoms with E-state index in [9.17, 15) is 0 Å². The van der Waals surface area contributed by atoms with Gasteiger partial charge in [-0.05, 0) is 123 Å². The van der Waals surface area contributed by atoms with Crippen molar-refractivity contribution in [2.45, 2.75) is 31.6 Å². The van der Waals surface area contributed by atoms with E-state index in [1.807, 2.05) is 0 Å². The Bertz CT molecular complexity index is 4140. The maximum absolute atomic E-state index is 2.48. The van der Waals surface area contributed by atoms with Crippen molar-refractivity contribution in [3.63, 3.8) is 0 Å². The number of hydrogen-bond acceptors (Lipinski definition) is 0. The van der Waals surface area contributed by atoms with Gasteiger partial charge in [-0.2, -0.15) is 0 Å². The standard InChI is InChI=1S/C65H47N3/c1-64(2,3)43-20-17-21-45(38-43)66-59-30-15-10-25-51(59)54-41-47(33-36-62(54)66)68-60-31-16-11-26-52(60)55-40-46(34-37-63(55)68)67-58-29-14-9-24-50(58)53-39-44(32-35-61(53)67)65(42-18-5-4-6-19-42)56-27-12-7-22-48(56)49-23-8-13-28-57(49)65/h4-41H,1-3H3. The molecule has 322 valence electrons. The molecule has 0 radical (unpaired) electrons. The summed E-state index contributed by atoms with van der Waals surface area (Å²) in [6.45, 7) is 6.86. The van der Waals surface area contributed by atoms with Crippen LogP contribution in [0.2, 0.25) is 0 Å². The van der Waals surface area contributed by atoms with E-state index in [0.717, 1.165) is 11.4 Å². The first-order chi connectivity index (χ1) is 33.4. The van der Waals surface area contributed by atoms with Crippen molar-refractivity contribution in [2.24, 2.45) is 0 Å². The van der Waals surface area contributed by atoms with Crippen LogP contribution in [-0.2, 0) is 10.8 Å². The van der Waals surface area contributed by atoms with E-state index in [1.54, 1.807) is 0 Å². The van der Waals surface area contributed by atoms with Gasteiger partial charge in [0.25, 0.3) is 0 Å². The van der Waals surface area contributed by atoms with Gasteiger partial charge in [0, 0.05) is 49.4 Å². The molecule has 0 N–H and O–H groups in total. The fourth-order valence-electron chi connectivity index (χ4n) is 12.1. The van der Waals surface area contributed by atoms with Crippen LogP contribution in [0.5, 0.6) is 0 Å². The predicted octanol–water partition coefficient (Wildman–Crippen LogP) is 16.6. The van der Waals surface area contributed by atoms with E-state index in [-0.39, 0.29) is 5.41 Å². The lowest BCUT2D eigenvalue weighted by atomic mass is 9.67. The molecule has 68 heavy (non-hydrogen) atoms. The summed E-state index contributed by atoms with van der Waals surface area (Å²) in [6, 6.07) is 86.2. The van der Waals surface area contributed by atoms with Crippen molar-refractivity contribution >= 4 is 65.4 Å². The SMILES string of the molecule is CC(C)(C)c1cccc(-n2c3ccccc3c3cc(-n4c5ccccc5c5cc(-n6c7ccccc7c7cc(C8(c9ccccc9)c9ccccc9-c9ccccc98)ccc76)ccc54)ccc32)c1. The first kappa shape index (κ1) is 38.8. The van der Waals surface area contributed by atoms with Gasteiger partial charge in [-0.25, -0.2) is 0 Å². The minimum atomic E-state index is -0.470. The molecule has 0 saturated heterocycles. The average Bonchev–Trinajstić information content (AvgIpc) is 4.10. The molecular weight excluding hydrogens is 823 g/mol. The monoisotopic (exact) mass is 869 g/mol. The fourth-order valence-corrected chi connectivity index (χ4v) is 12.1. The zero-order valence-electron chi connectivity index (χ0n) is 38.3. The van der Waals surface area contributed by atoms with Gasteiger partial charge in [0.05, 0.1) is 38.5 Å². The van der Waals surface area contributed by atoms with Crippen molar-refractivity contribution in [1.29, 1.82) is 0 Å². The third kappa shape index (κ3) is 5.36. The van der Waals surface area contributed by atoms with Crippen molar-refractivity contribution in [2.75, 3.05) is 0 Å². The maximum atomic E-state index is 2.48. The Morgan fingerprint density at radius 2 is 0.706 bits per heavy atom. The molecule has 0 unspecified atom stereocenters. The molecule has 3 heteroatoms. The summed E-state index contributed by atoms with van der Waals surface area (Å²) in [5.41, 5.74) is 19.4.